The summed E-state index contributed by atoms with van der Waals surface area (Å²) in [6.07, 6.45) is 3.73. The number of pyridine rings is 1. The number of aromatic carboxylic acids is 1. The summed E-state index contributed by atoms with van der Waals surface area (Å²) in [6, 6.07) is 1.86. The highest BCUT2D eigenvalue weighted by atomic mass is 16.4. The molecule has 4 heteroatoms. The predicted octanol–water partition coefficient (Wildman–Crippen LogP) is 1.69. The number of carboxylic acid groups (broad SMARTS) is 1. The van der Waals surface area contributed by atoms with E-state index in [2.05, 4.69) is 9.88 Å². The van der Waals surface area contributed by atoms with Crippen molar-refractivity contribution in [3.63, 3.8) is 0 Å². The molecule has 0 aliphatic carbocycles. The number of rotatable bonds is 2. The molecule has 2 rings (SSSR count). The SMILES string of the molecule is Cc1cc(N2CCCC2)c(C(=O)O)cn1. The summed E-state index contributed by atoms with van der Waals surface area (Å²) in [4.78, 5) is 17.2. The van der Waals surface area contributed by atoms with Crippen molar-refractivity contribution >= 4 is 11.7 Å². The molecule has 0 unspecified atom stereocenters. The van der Waals surface area contributed by atoms with Crippen molar-refractivity contribution in [3.8, 4) is 0 Å². The van der Waals surface area contributed by atoms with Gasteiger partial charge in [-0.1, -0.05) is 0 Å². The first-order valence-corrected chi connectivity index (χ1v) is 5.13. The summed E-state index contributed by atoms with van der Waals surface area (Å²) in [7, 11) is 0. The minimum Gasteiger partial charge on any atom is -0.478 e. The number of hydrogen-bond donors (Lipinski definition) is 1. The van der Waals surface area contributed by atoms with E-state index < -0.39 is 5.97 Å². The topological polar surface area (TPSA) is 53.4 Å². The van der Waals surface area contributed by atoms with E-state index in [4.69, 9.17) is 5.11 Å². The van der Waals surface area contributed by atoms with Gasteiger partial charge in [0.15, 0.2) is 0 Å². The molecule has 2 heterocycles. The molecule has 1 aliphatic rings. The largest absolute Gasteiger partial charge is 0.478 e. The zero-order valence-electron chi connectivity index (χ0n) is 8.73. The van der Waals surface area contributed by atoms with Gasteiger partial charge in [-0.15, -0.1) is 0 Å². The minimum absolute atomic E-state index is 0.308. The maximum atomic E-state index is 11.0. The van der Waals surface area contributed by atoms with E-state index >= 15 is 0 Å². The lowest BCUT2D eigenvalue weighted by molar-refractivity contribution is 0.0697. The number of nitrogens with zero attached hydrogens (tertiary/aromatic N) is 2. The van der Waals surface area contributed by atoms with E-state index in [1.165, 1.54) is 6.20 Å². The van der Waals surface area contributed by atoms with Crippen molar-refractivity contribution < 1.29 is 9.90 Å². The van der Waals surface area contributed by atoms with Crippen molar-refractivity contribution in [2.24, 2.45) is 0 Å². The fraction of sp³-hybridized carbons (Fsp3) is 0.455. The molecule has 0 amide bonds. The van der Waals surface area contributed by atoms with Gasteiger partial charge in [0.1, 0.15) is 5.56 Å². The fourth-order valence-corrected chi connectivity index (χ4v) is 1.93. The van der Waals surface area contributed by atoms with Crippen molar-refractivity contribution in [1.82, 2.24) is 4.98 Å². The second-order valence-electron chi connectivity index (χ2n) is 3.84. The molecule has 15 heavy (non-hydrogen) atoms. The number of aromatic nitrogens is 1. The number of hydrogen-bond acceptors (Lipinski definition) is 3. The monoisotopic (exact) mass is 206 g/mol. The Bertz CT molecular complexity index is 384. The lowest BCUT2D eigenvalue weighted by Gasteiger charge is -2.19. The van der Waals surface area contributed by atoms with Gasteiger partial charge in [-0.3, -0.25) is 4.98 Å². The maximum Gasteiger partial charge on any atom is 0.339 e. The molecule has 1 saturated heterocycles. The standard InChI is InChI=1S/C11H14N2O2/c1-8-6-10(13-4-2-3-5-13)9(7-12-8)11(14)15/h6-7H,2-5H2,1H3,(H,14,15). The third-order valence-electron chi connectivity index (χ3n) is 2.70. The van der Waals surface area contributed by atoms with Crippen LogP contribution in [0.15, 0.2) is 12.3 Å². The Kier molecular flexibility index (Phi) is 2.58. The quantitative estimate of drug-likeness (QED) is 0.800. The molecule has 1 aromatic heterocycles. The summed E-state index contributed by atoms with van der Waals surface area (Å²) in [5.74, 6) is -0.899. The smallest absolute Gasteiger partial charge is 0.339 e. The minimum atomic E-state index is -0.899. The molecule has 0 spiro atoms. The Morgan fingerprint density at radius 1 is 1.47 bits per heavy atom. The number of aryl methyl sites for hydroxylation is 1. The first kappa shape index (κ1) is 9.96. The Morgan fingerprint density at radius 3 is 2.73 bits per heavy atom. The van der Waals surface area contributed by atoms with Crippen LogP contribution >= 0.6 is 0 Å². The van der Waals surface area contributed by atoms with Crippen LogP contribution < -0.4 is 4.90 Å². The van der Waals surface area contributed by atoms with Crippen molar-refractivity contribution in [2.75, 3.05) is 18.0 Å². The van der Waals surface area contributed by atoms with Crippen LogP contribution in [0, 0.1) is 6.92 Å². The van der Waals surface area contributed by atoms with Gasteiger partial charge >= 0.3 is 5.97 Å². The van der Waals surface area contributed by atoms with Crippen LogP contribution in [-0.4, -0.2) is 29.1 Å². The third kappa shape index (κ3) is 1.93. The highest BCUT2D eigenvalue weighted by Gasteiger charge is 2.19. The number of carbonyl (C=O) groups is 1. The second-order valence-corrected chi connectivity index (χ2v) is 3.84. The Balaban J connectivity index is 2.41. The highest BCUT2D eigenvalue weighted by molar-refractivity contribution is 5.94. The van der Waals surface area contributed by atoms with Crippen molar-refractivity contribution in [3.05, 3.63) is 23.5 Å². The van der Waals surface area contributed by atoms with Crippen molar-refractivity contribution in [1.29, 1.82) is 0 Å². The Hall–Kier alpha value is -1.58. The van der Waals surface area contributed by atoms with Gasteiger partial charge in [0.2, 0.25) is 0 Å². The van der Waals surface area contributed by atoms with E-state index in [1.54, 1.807) is 0 Å². The molecule has 0 saturated carbocycles. The van der Waals surface area contributed by atoms with Gasteiger partial charge in [0, 0.05) is 25.0 Å². The predicted molar refractivity (Wildman–Crippen MR) is 57.4 cm³/mol. The van der Waals surface area contributed by atoms with Crippen molar-refractivity contribution in [2.45, 2.75) is 19.8 Å². The summed E-state index contributed by atoms with van der Waals surface area (Å²) in [5.41, 5.74) is 1.98. The van der Waals surface area contributed by atoms with Gasteiger partial charge in [0.25, 0.3) is 0 Å². The third-order valence-corrected chi connectivity index (χ3v) is 2.70. The van der Waals surface area contributed by atoms with Crippen LogP contribution in [0.5, 0.6) is 0 Å². The van der Waals surface area contributed by atoms with Crippen LogP contribution in [0.4, 0.5) is 5.69 Å². The summed E-state index contributed by atoms with van der Waals surface area (Å²) in [5, 5.41) is 9.05. The Morgan fingerprint density at radius 2 is 2.13 bits per heavy atom. The number of anilines is 1. The van der Waals surface area contributed by atoms with E-state index in [1.807, 2.05) is 13.0 Å². The van der Waals surface area contributed by atoms with E-state index in [0.29, 0.717) is 5.56 Å². The summed E-state index contributed by atoms with van der Waals surface area (Å²) in [6.45, 7) is 3.78. The van der Waals surface area contributed by atoms with Crippen LogP contribution in [0.3, 0.4) is 0 Å². The molecular weight excluding hydrogens is 192 g/mol. The van der Waals surface area contributed by atoms with Gasteiger partial charge in [-0.05, 0) is 25.8 Å². The van der Waals surface area contributed by atoms with Gasteiger partial charge in [-0.2, -0.15) is 0 Å². The Labute approximate surface area is 88.6 Å². The maximum absolute atomic E-state index is 11.0. The molecule has 1 N–H and O–H groups in total. The molecule has 1 aliphatic heterocycles. The molecule has 1 aromatic rings. The first-order chi connectivity index (χ1) is 7.18. The average Bonchev–Trinajstić information content (AvgIpc) is 2.69. The van der Waals surface area contributed by atoms with Crippen LogP contribution in [0.2, 0.25) is 0 Å². The van der Waals surface area contributed by atoms with Crippen LogP contribution in [0.25, 0.3) is 0 Å². The van der Waals surface area contributed by atoms with Crippen LogP contribution in [0.1, 0.15) is 28.9 Å². The van der Waals surface area contributed by atoms with E-state index in [-0.39, 0.29) is 0 Å². The fourth-order valence-electron chi connectivity index (χ4n) is 1.93. The molecular formula is C11H14N2O2. The molecule has 0 atom stereocenters. The zero-order valence-corrected chi connectivity index (χ0v) is 8.73. The molecule has 4 nitrogen and oxygen atoms in total. The van der Waals surface area contributed by atoms with Gasteiger partial charge < -0.3 is 10.0 Å². The molecule has 80 valence electrons. The summed E-state index contributed by atoms with van der Waals surface area (Å²) < 4.78 is 0. The molecule has 0 aromatic carbocycles. The molecule has 0 bridgehead atoms. The van der Waals surface area contributed by atoms with Gasteiger partial charge in [0.05, 0.1) is 5.69 Å². The second kappa shape index (κ2) is 3.88. The average molecular weight is 206 g/mol. The van der Waals surface area contributed by atoms with E-state index in [9.17, 15) is 4.79 Å². The zero-order chi connectivity index (χ0) is 10.8. The molecule has 0 radical (unpaired) electrons. The normalized spacial score (nSPS) is 15.7. The number of carboxylic acids is 1. The highest BCUT2D eigenvalue weighted by Crippen LogP contribution is 2.24. The van der Waals surface area contributed by atoms with Gasteiger partial charge in [-0.25, -0.2) is 4.79 Å². The lowest BCUT2D eigenvalue weighted by Crippen LogP contribution is -2.21. The lowest BCUT2D eigenvalue weighted by atomic mass is 10.2. The van der Waals surface area contributed by atoms with Crippen LogP contribution in [-0.2, 0) is 0 Å². The first-order valence-electron chi connectivity index (χ1n) is 5.13. The van der Waals surface area contributed by atoms with E-state index in [0.717, 1.165) is 37.3 Å². The summed E-state index contributed by atoms with van der Waals surface area (Å²) >= 11 is 0. The molecule has 1 fully saturated rings.